The van der Waals surface area contributed by atoms with Crippen LogP contribution in [-0.2, 0) is 0 Å². The number of hydrogen-bond acceptors (Lipinski definition) is 3. The Balaban J connectivity index is 1.47. The van der Waals surface area contributed by atoms with E-state index >= 15 is 0 Å². The van der Waals surface area contributed by atoms with E-state index in [-0.39, 0.29) is 17.6 Å². The predicted octanol–water partition coefficient (Wildman–Crippen LogP) is 4.18. The lowest BCUT2D eigenvalue weighted by molar-refractivity contribution is 0.0950. The van der Waals surface area contributed by atoms with Gasteiger partial charge in [-0.2, -0.15) is 0 Å². The molecule has 0 radical (unpaired) electrons. The quantitative estimate of drug-likeness (QED) is 0.738. The molecular weight excluding hydrogens is 339 g/mol. The fourth-order valence-corrected chi connectivity index (χ4v) is 3.50. The second-order valence-electron chi connectivity index (χ2n) is 6.04. The molecule has 1 aromatic heterocycles. The number of hydrogen-bond donors (Lipinski definition) is 2. The Morgan fingerprint density at radius 3 is 2.48 bits per heavy atom. The molecule has 1 saturated carbocycles. The summed E-state index contributed by atoms with van der Waals surface area (Å²) in [5.74, 6) is -0.727. The lowest BCUT2D eigenvalue weighted by Crippen LogP contribution is -2.25. The lowest BCUT2D eigenvalue weighted by atomic mass is 10.2. The molecular formula is C19H15FN2O2S. The second kappa shape index (κ2) is 6.29. The fraction of sp³-hybridized carbons (Fsp3) is 0.158. The third kappa shape index (κ3) is 3.39. The zero-order valence-corrected chi connectivity index (χ0v) is 14.0. The van der Waals surface area contributed by atoms with Gasteiger partial charge >= 0.3 is 0 Å². The van der Waals surface area contributed by atoms with Crippen molar-refractivity contribution in [1.29, 1.82) is 0 Å². The zero-order valence-electron chi connectivity index (χ0n) is 13.2. The minimum absolute atomic E-state index is 0.0969. The normalized spacial score (nSPS) is 13.6. The largest absolute Gasteiger partial charge is 0.349 e. The molecule has 0 bridgehead atoms. The van der Waals surface area contributed by atoms with Crippen LogP contribution < -0.4 is 10.6 Å². The van der Waals surface area contributed by atoms with Crippen molar-refractivity contribution < 1.29 is 14.0 Å². The maximum Gasteiger partial charge on any atom is 0.265 e. The molecule has 2 aromatic carbocycles. The lowest BCUT2D eigenvalue weighted by Gasteiger charge is -2.06. The molecule has 2 N–H and O–H groups in total. The summed E-state index contributed by atoms with van der Waals surface area (Å²) in [4.78, 5) is 24.8. The molecule has 1 fully saturated rings. The summed E-state index contributed by atoms with van der Waals surface area (Å²) in [6.45, 7) is 0. The van der Waals surface area contributed by atoms with Gasteiger partial charge < -0.3 is 10.6 Å². The summed E-state index contributed by atoms with van der Waals surface area (Å²) >= 11 is 1.24. The highest BCUT2D eigenvalue weighted by molar-refractivity contribution is 7.20. The fourth-order valence-electron chi connectivity index (χ4n) is 2.53. The summed E-state index contributed by atoms with van der Waals surface area (Å²) in [6.07, 6.45) is 2.07. The van der Waals surface area contributed by atoms with Gasteiger partial charge in [-0.25, -0.2) is 4.39 Å². The molecule has 4 rings (SSSR count). The number of anilines is 1. The first-order valence-corrected chi connectivity index (χ1v) is 8.82. The highest BCUT2D eigenvalue weighted by Gasteiger charge is 2.23. The van der Waals surface area contributed by atoms with Crippen LogP contribution in [0.4, 0.5) is 10.1 Å². The summed E-state index contributed by atoms with van der Waals surface area (Å²) in [6, 6.07) is 13.4. The topological polar surface area (TPSA) is 58.2 Å². The van der Waals surface area contributed by atoms with E-state index < -0.39 is 0 Å². The number of rotatable bonds is 4. The van der Waals surface area contributed by atoms with Crippen molar-refractivity contribution in [2.24, 2.45) is 0 Å². The Kier molecular flexibility index (Phi) is 3.97. The van der Waals surface area contributed by atoms with Gasteiger partial charge in [-0.15, -0.1) is 11.3 Å². The SMILES string of the molecule is O=C(NC1CC1)c1ccc(NC(=O)c2cc3c(F)cccc3s2)cc1. The monoisotopic (exact) mass is 354 g/mol. The highest BCUT2D eigenvalue weighted by atomic mass is 32.1. The number of thiophene rings is 1. The summed E-state index contributed by atoms with van der Waals surface area (Å²) in [5.41, 5.74) is 1.15. The molecule has 0 aliphatic heterocycles. The van der Waals surface area contributed by atoms with Crippen molar-refractivity contribution in [1.82, 2.24) is 5.32 Å². The number of benzene rings is 2. The van der Waals surface area contributed by atoms with Crippen LogP contribution in [0, 0.1) is 5.82 Å². The first-order valence-electron chi connectivity index (χ1n) is 8.00. The molecule has 6 heteroatoms. The molecule has 0 spiro atoms. The first-order chi connectivity index (χ1) is 12.1. The number of nitrogens with one attached hydrogen (secondary N) is 2. The molecule has 0 unspecified atom stereocenters. The van der Waals surface area contributed by atoms with E-state index in [2.05, 4.69) is 10.6 Å². The summed E-state index contributed by atoms with van der Waals surface area (Å²) in [5, 5.41) is 6.14. The maximum absolute atomic E-state index is 13.7. The zero-order chi connectivity index (χ0) is 17.4. The highest BCUT2D eigenvalue weighted by Crippen LogP contribution is 2.28. The van der Waals surface area contributed by atoms with Crippen molar-refractivity contribution >= 4 is 38.9 Å². The van der Waals surface area contributed by atoms with Crippen LogP contribution >= 0.6 is 11.3 Å². The Labute approximate surface area is 147 Å². The van der Waals surface area contributed by atoms with Gasteiger partial charge in [-0.05, 0) is 55.3 Å². The Morgan fingerprint density at radius 2 is 1.80 bits per heavy atom. The minimum Gasteiger partial charge on any atom is -0.349 e. The average Bonchev–Trinajstić information content (AvgIpc) is 3.30. The van der Waals surface area contributed by atoms with E-state index in [0.717, 1.165) is 17.5 Å². The van der Waals surface area contributed by atoms with Gasteiger partial charge in [0, 0.05) is 27.4 Å². The standard InChI is InChI=1S/C19H15FN2O2S/c20-15-2-1-3-16-14(15)10-17(25-16)19(24)22-12-6-4-11(5-7-12)18(23)21-13-8-9-13/h1-7,10,13H,8-9H2,(H,21,23)(H,22,24). The predicted molar refractivity (Wildman–Crippen MR) is 96.7 cm³/mol. The second-order valence-corrected chi connectivity index (χ2v) is 7.13. The third-order valence-electron chi connectivity index (χ3n) is 4.05. The Morgan fingerprint density at radius 1 is 1.04 bits per heavy atom. The van der Waals surface area contributed by atoms with Crippen molar-refractivity contribution in [3.63, 3.8) is 0 Å². The Hall–Kier alpha value is -2.73. The van der Waals surface area contributed by atoms with Crippen LogP contribution in [0.5, 0.6) is 0 Å². The van der Waals surface area contributed by atoms with Gasteiger partial charge in [0.25, 0.3) is 11.8 Å². The first kappa shape index (κ1) is 15.8. The Bertz CT molecular complexity index is 961. The van der Waals surface area contributed by atoms with Crippen LogP contribution in [0.15, 0.2) is 48.5 Å². The van der Waals surface area contributed by atoms with E-state index in [1.165, 1.54) is 17.4 Å². The third-order valence-corrected chi connectivity index (χ3v) is 5.15. The summed E-state index contributed by atoms with van der Waals surface area (Å²) < 4.78 is 14.5. The van der Waals surface area contributed by atoms with E-state index in [4.69, 9.17) is 0 Å². The van der Waals surface area contributed by atoms with E-state index in [9.17, 15) is 14.0 Å². The molecule has 1 heterocycles. The number of halogens is 1. The molecule has 4 nitrogen and oxygen atoms in total. The van der Waals surface area contributed by atoms with Crippen molar-refractivity contribution in [3.8, 4) is 0 Å². The minimum atomic E-state index is -0.334. The van der Waals surface area contributed by atoms with Crippen molar-refractivity contribution in [2.45, 2.75) is 18.9 Å². The van der Waals surface area contributed by atoms with Crippen LogP contribution in [0.2, 0.25) is 0 Å². The van der Waals surface area contributed by atoms with Gasteiger partial charge in [0.15, 0.2) is 0 Å². The van der Waals surface area contributed by atoms with Crippen LogP contribution in [-0.4, -0.2) is 17.9 Å². The van der Waals surface area contributed by atoms with Gasteiger partial charge in [-0.1, -0.05) is 6.07 Å². The van der Waals surface area contributed by atoms with Gasteiger partial charge in [-0.3, -0.25) is 9.59 Å². The van der Waals surface area contributed by atoms with Crippen LogP contribution in [0.3, 0.4) is 0 Å². The number of amides is 2. The average molecular weight is 354 g/mol. The van der Waals surface area contributed by atoms with Gasteiger partial charge in [0.05, 0.1) is 4.88 Å². The molecule has 126 valence electrons. The van der Waals surface area contributed by atoms with E-state index in [1.807, 2.05) is 0 Å². The molecule has 0 saturated heterocycles. The van der Waals surface area contributed by atoms with E-state index in [0.29, 0.717) is 27.6 Å². The summed E-state index contributed by atoms with van der Waals surface area (Å²) in [7, 11) is 0. The number of carbonyl (C=O) groups is 2. The van der Waals surface area contributed by atoms with Gasteiger partial charge in [0.2, 0.25) is 0 Å². The molecule has 1 aliphatic carbocycles. The van der Waals surface area contributed by atoms with Crippen molar-refractivity contribution in [2.75, 3.05) is 5.32 Å². The molecule has 2 amide bonds. The molecule has 3 aromatic rings. The molecule has 1 aliphatic rings. The van der Waals surface area contributed by atoms with Crippen LogP contribution in [0.1, 0.15) is 32.9 Å². The van der Waals surface area contributed by atoms with Gasteiger partial charge in [0.1, 0.15) is 5.82 Å². The smallest absolute Gasteiger partial charge is 0.265 e. The number of fused-ring (bicyclic) bond motifs is 1. The van der Waals surface area contributed by atoms with Crippen molar-refractivity contribution in [3.05, 3.63) is 64.8 Å². The molecule has 0 atom stereocenters. The maximum atomic E-state index is 13.7. The number of carbonyl (C=O) groups excluding carboxylic acids is 2. The molecule has 25 heavy (non-hydrogen) atoms. The van der Waals surface area contributed by atoms with Crippen LogP contribution in [0.25, 0.3) is 10.1 Å². The van der Waals surface area contributed by atoms with E-state index in [1.54, 1.807) is 42.5 Å².